The van der Waals surface area contributed by atoms with Crippen molar-refractivity contribution in [3.63, 3.8) is 0 Å². The highest BCUT2D eigenvalue weighted by Crippen LogP contribution is 2.69. The first-order valence-electron chi connectivity index (χ1n) is 4.34. The lowest BCUT2D eigenvalue weighted by atomic mass is 10.4. The normalized spacial score (nSPS) is 14.7. The van der Waals surface area contributed by atoms with Gasteiger partial charge < -0.3 is 4.52 Å². The minimum absolute atomic E-state index is 0.702. The highest BCUT2D eigenvalue weighted by molar-refractivity contribution is 8.89. The Bertz CT molecular complexity index is 364. The van der Waals surface area contributed by atoms with Crippen LogP contribution in [0.4, 0.5) is 0 Å². The van der Waals surface area contributed by atoms with E-state index in [4.69, 9.17) is 16.1 Å². The zero-order valence-corrected chi connectivity index (χ0v) is 13.0. The van der Waals surface area contributed by atoms with Crippen LogP contribution in [0.3, 0.4) is 0 Å². The first kappa shape index (κ1) is 14.8. The molecule has 0 saturated heterocycles. The van der Waals surface area contributed by atoms with E-state index in [1.54, 1.807) is 18.0 Å². The molecular formula is C9H12ClO2PS3. The highest BCUT2D eigenvalue weighted by Gasteiger charge is 2.20. The monoisotopic (exact) mass is 314 g/mol. The zero-order chi connectivity index (χ0) is 12.0. The topological polar surface area (TPSA) is 26.3 Å². The quantitative estimate of drug-likeness (QED) is 0.406. The van der Waals surface area contributed by atoms with Gasteiger partial charge in [0.15, 0.2) is 0 Å². The maximum atomic E-state index is 11.9. The van der Waals surface area contributed by atoms with Crippen LogP contribution in [0.15, 0.2) is 29.2 Å². The molecule has 0 fully saturated rings. The fourth-order valence-corrected chi connectivity index (χ4v) is 7.78. The van der Waals surface area contributed by atoms with Crippen molar-refractivity contribution in [1.29, 1.82) is 0 Å². The van der Waals surface area contributed by atoms with Crippen LogP contribution < -0.4 is 0 Å². The van der Waals surface area contributed by atoms with Crippen molar-refractivity contribution < 1.29 is 9.09 Å². The molecule has 0 heterocycles. The standard InChI is InChI=1S/C9H12ClO2PS3/c1-12-13(11,14-2)16-7-15-9-5-3-8(10)4-6-9/h3-6H,7H2,1-2H3. The van der Waals surface area contributed by atoms with Crippen molar-refractivity contribution in [1.82, 2.24) is 0 Å². The summed E-state index contributed by atoms with van der Waals surface area (Å²) in [4.78, 5) is 1.11. The van der Waals surface area contributed by atoms with Crippen molar-refractivity contribution in [3.05, 3.63) is 29.3 Å². The maximum Gasteiger partial charge on any atom is 0.313 e. The van der Waals surface area contributed by atoms with Gasteiger partial charge >= 0.3 is 5.77 Å². The molecule has 0 bridgehead atoms. The minimum atomic E-state index is -2.54. The number of halogens is 1. The Morgan fingerprint density at radius 3 is 2.50 bits per heavy atom. The van der Waals surface area contributed by atoms with Crippen LogP contribution in [-0.4, -0.2) is 18.5 Å². The van der Waals surface area contributed by atoms with Gasteiger partial charge in [0, 0.05) is 17.0 Å². The summed E-state index contributed by atoms with van der Waals surface area (Å²) < 4.78 is 16.9. The Morgan fingerprint density at radius 1 is 1.38 bits per heavy atom. The van der Waals surface area contributed by atoms with Gasteiger partial charge in [-0.2, -0.15) is 0 Å². The molecule has 1 aromatic rings. The second kappa shape index (κ2) is 7.24. The molecule has 1 rings (SSSR count). The molecule has 1 atom stereocenters. The molecule has 0 aliphatic heterocycles. The molecule has 90 valence electrons. The van der Waals surface area contributed by atoms with Crippen LogP contribution in [0.5, 0.6) is 0 Å². The van der Waals surface area contributed by atoms with Gasteiger partial charge in [-0.15, -0.1) is 11.8 Å². The van der Waals surface area contributed by atoms with Crippen molar-refractivity contribution in [3.8, 4) is 0 Å². The second-order valence-electron chi connectivity index (χ2n) is 2.66. The lowest BCUT2D eigenvalue weighted by Gasteiger charge is -2.11. The van der Waals surface area contributed by atoms with Crippen molar-refractivity contribution in [2.24, 2.45) is 0 Å². The molecule has 0 spiro atoms. The van der Waals surface area contributed by atoms with Crippen LogP contribution in [-0.2, 0) is 9.09 Å². The lowest BCUT2D eigenvalue weighted by molar-refractivity contribution is 0.424. The molecule has 2 nitrogen and oxygen atoms in total. The van der Waals surface area contributed by atoms with Gasteiger partial charge in [0.2, 0.25) is 0 Å². The van der Waals surface area contributed by atoms with Crippen LogP contribution in [0.1, 0.15) is 0 Å². The Balaban J connectivity index is 2.41. The first-order valence-corrected chi connectivity index (χ1v) is 10.7. The van der Waals surface area contributed by atoms with Crippen LogP contribution >= 0.6 is 51.9 Å². The average molecular weight is 315 g/mol. The zero-order valence-electron chi connectivity index (χ0n) is 8.88. The summed E-state index contributed by atoms with van der Waals surface area (Å²) in [5, 5.41) is 1.43. The van der Waals surface area contributed by atoms with Crippen molar-refractivity contribution in [2.75, 3.05) is 18.5 Å². The fraction of sp³-hybridized carbons (Fsp3) is 0.333. The van der Waals surface area contributed by atoms with E-state index in [0.29, 0.717) is 5.08 Å². The molecule has 16 heavy (non-hydrogen) atoms. The van der Waals surface area contributed by atoms with E-state index in [-0.39, 0.29) is 0 Å². The predicted molar refractivity (Wildman–Crippen MR) is 77.9 cm³/mol. The molecule has 1 aromatic carbocycles. The molecule has 0 N–H and O–H groups in total. The minimum Gasteiger partial charge on any atom is -0.317 e. The summed E-state index contributed by atoms with van der Waals surface area (Å²) in [6.45, 7) is 0. The summed E-state index contributed by atoms with van der Waals surface area (Å²) in [7, 11) is 1.48. The Hall–Kier alpha value is 0.750. The number of hydrogen-bond acceptors (Lipinski definition) is 5. The largest absolute Gasteiger partial charge is 0.317 e. The van der Waals surface area contributed by atoms with Gasteiger partial charge in [-0.25, -0.2) is 0 Å². The maximum absolute atomic E-state index is 11.9. The van der Waals surface area contributed by atoms with E-state index in [0.717, 1.165) is 9.92 Å². The summed E-state index contributed by atoms with van der Waals surface area (Å²) in [6, 6.07) is 7.59. The summed E-state index contributed by atoms with van der Waals surface area (Å²) >= 11 is 10.0. The number of hydrogen-bond donors (Lipinski definition) is 0. The second-order valence-corrected chi connectivity index (χ2v) is 12.1. The van der Waals surface area contributed by atoms with E-state index >= 15 is 0 Å². The molecule has 0 aromatic heterocycles. The fourth-order valence-electron chi connectivity index (χ4n) is 0.870. The van der Waals surface area contributed by atoms with Crippen LogP contribution in [0, 0.1) is 0 Å². The summed E-state index contributed by atoms with van der Waals surface area (Å²) in [5.41, 5.74) is 0. The molecule has 0 saturated carbocycles. The molecular weight excluding hydrogens is 303 g/mol. The smallest absolute Gasteiger partial charge is 0.313 e. The molecule has 0 amide bonds. The third-order valence-electron chi connectivity index (χ3n) is 1.70. The summed E-state index contributed by atoms with van der Waals surface area (Å²) in [6.07, 6.45) is 1.80. The third-order valence-corrected chi connectivity index (χ3v) is 11.1. The summed E-state index contributed by atoms with van der Waals surface area (Å²) in [5.74, 6) is -2.54. The Labute approximate surface area is 113 Å². The Kier molecular flexibility index (Phi) is 6.70. The van der Waals surface area contributed by atoms with Crippen molar-refractivity contribution >= 4 is 51.9 Å². The van der Waals surface area contributed by atoms with Gasteiger partial charge in [0.1, 0.15) is 0 Å². The first-order chi connectivity index (χ1) is 7.59. The molecule has 1 unspecified atom stereocenters. The van der Waals surface area contributed by atoms with Gasteiger partial charge in [-0.1, -0.05) is 23.0 Å². The molecule has 7 heteroatoms. The number of rotatable bonds is 6. The lowest BCUT2D eigenvalue weighted by Crippen LogP contribution is -1.77. The van der Waals surface area contributed by atoms with Crippen LogP contribution in [0.25, 0.3) is 0 Å². The number of benzene rings is 1. The average Bonchev–Trinajstić information content (AvgIpc) is 2.31. The van der Waals surface area contributed by atoms with Crippen molar-refractivity contribution in [2.45, 2.75) is 4.90 Å². The van der Waals surface area contributed by atoms with Gasteiger partial charge in [0.25, 0.3) is 0 Å². The van der Waals surface area contributed by atoms with E-state index in [2.05, 4.69) is 0 Å². The van der Waals surface area contributed by atoms with E-state index in [1.165, 1.54) is 29.9 Å². The van der Waals surface area contributed by atoms with E-state index < -0.39 is 5.77 Å². The third kappa shape index (κ3) is 4.94. The molecule has 0 aliphatic rings. The van der Waals surface area contributed by atoms with Crippen LogP contribution in [0.2, 0.25) is 5.02 Å². The van der Waals surface area contributed by atoms with E-state index in [1.807, 2.05) is 24.3 Å². The SMILES string of the molecule is COP(=O)(SC)SCSc1ccc(Cl)cc1. The van der Waals surface area contributed by atoms with E-state index in [9.17, 15) is 4.57 Å². The Morgan fingerprint density at radius 2 is 2.00 bits per heavy atom. The van der Waals surface area contributed by atoms with Gasteiger partial charge in [-0.3, -0.25) is 4.57 Å². The predicted octanol–water partition coefficient (Wildman–Crippen LogP) is 5.24. The molecule has 0 aliphatic carbocycles. The number of thioether (sulfide) groups is 1. The van der Waals surface area contributed by atoms with Gasteiger partial charge in [0.05, 0.1) is 5.08 Å². The molecule has 0 radical (unpaired) electrons. The van der Waals surface area contributed by atoms with Gasteiger partial charge in [-0.05, 0) is 41.9 Å². The highest BCUT2D eigenvalue weighted by atomic mass is 35.5.